The van der Waals surface area contributed by atoms with E-state index in [-0.39, 0.29) is 22.5 Å². The summed E-state index contributed by atoms with van der Waals surface area (Å²) in [5, 5.41) is 6.19. The largest absolute Gasteiger partial charge is 0.497 e. The highest BCUT2D eigenvalue weighted by Crippen LogP contribution is 2.22. The van der Waals surface area contributed by atoms with Gasteiger partial charge in [-0.3, -0.25) is 9.59 Å². The van der Waals surface area contributed by atoms with Gasteiger partial charge in [-0.1, -0.05) is 67.5 Å². The van der Waals surface area contributed by atoms with E-state index in [1.165, 1.54) is 18.0 Å². The van der Waals surface area contributed by atoms with Crippen molar-refractivity contribution in [2.45, 2.75) is 37.2 Å². The lowest BCUT2D eigenvalue weighted by molar-refractivity contribution is -0.118. The minimum absolute atomic E-state index is 0.0400. The van der Waals surface area contributed by atoms with E-state index in [2.05, 4.69) is 20.6 Å². The van der Waals surface area contributed by atoms with Gasteiger partial charge in [-0.05, 0) is 42.2 Å². The van der Waals surface area contributed by atoms with Crippen molar-refractivity contribution in [3.8, 4) is 5.75 Å². The molecule has 178 valence electrons. The number of hydrogen-bond acceptors (Lipinski definition) is 6. The monoisotopic (exact) mass is 498 g/mol. The van der Waals surface area contributed by atoms with Crippen LogP contribution in [0.2, 0.25) is 5.02 Å². The fourth-order valence-corrected chi connectivity index (χ4v) is 4.08. The molecule has 34 heavy (non-hydrogen) atoms. The normalized spacial score (nSPS) is 11.7. The average molecular weight is 499 g/mol. The number of carbonyl (C=O) groups is 2. The van der Waals surface area contributed by atoms with Crippen LogP contribution in [0.4, 0.5) is 5.69 Å². The summed E-state index contributed by atoms with van der Waals surface area (Å²) >= 11 is 7.63. The van der Waals surface area contributed by atoms with Crippen molar-refractivity contribution in [3.05, 3.63) is 77.1 Å². The number of hydrogen-bond donors (Lipinski definition) is 2. The topological polar surface area (TPSA) is 93.2 Å². The van der Waals surface area contributed by atoms with Crippen LogP contribution in [0.25, 0.3) is 0 Å². The molecule has 0 aliphatic rings. The number of ether oxygens (including phenoxy) is 1. The molecule has 0 saturated heterocycles. The summed E-state index contributed by atoms with van der Waals surface area (Å²) in [4.78, 5) is 34.5. The molecule has 0 aliphatic heterocycles. The first-order valence-corrected chi connectivity index (χ1v) is 12.2. The third-order valence-electron chi connectivity index (χ3n) is 4.83. The quantitative estimate of drug-likeness (QED) is 0.294. The number of halogens is 1. The van der Waals surface area contributed by atoms with E-state index in [9.17, 15) is 9.59 Å². The van der Waals surface area contributed by atoms with Crippen molar-refractivity contribution in [1.29, 1.82) is 0 Å². The van der Waals surface area contributed by atoms with Crippen LogP contribution >= 0.6 is 23.4 Å². The Balaban J connectivity index is 1.70. The van der Waals surface area contributed by atoms with Gasteiger partial charge in [0.1, 0.15) is 11.8 Å². The number of benzene rings is 2. The fraction of sp³-hybridized carbons (Fsp3) is 0.280. The third-order valence-corrected chi connectivity index (χ3v) is 6.04. The van der Waals surface area contributed by atoms with Gasteiger partial charge < -0.3 is 15.4 Å². The van der Waals surface area contributed by atoms with Gasteiger partial charge in [0.25, 0.3) is 5.91 Å². The number of carbonyl (C=O) groups excluding carboxylic acids is 2. The van der Waals surface area contributed by atoms with Gasteiger partial charge in [0, 0.05) is 11.4 Å². The van der Waals surface area contributed by atoms with Gasteiger partial charge in [0.05, 0.1) is 18.3 Å². The van der Waals surface area contributed by atoms with E-state index >= 15 is 0 Å². The number of nitrogens with one attached hydrogen (secondary N) is 2. The van der Waals surface area contributed by atoms with Crippen LogP contribution in [0.1, 0.15) is 36.3 Å². The van der Waals surface area contributed by atoms with E-state index in [1.807, 2.05) is 44.2 Å². The summed E-state index contributed by atoms with van der Waals surface area (Å²) in [5.41, 5.74) is 1.76. The van der Waals surface area contributed by atoms with Crippen LogP contribution in [0.5, 0.6) is 5.75 Å². The molecule has 0 fully saturated rings. The molecular weight excluding hydrogens is 472 g/mol. The Bertz CT molecular complexity index is 1110. The summed E-state index contributed by atoms with van der Waals surface area (Å²) < 4.78 is 5.14. The third kappa shape index (κ3) is 7.46. The predicted molar refractivity (Wildman–Crippen MR) is 135 cm³/mol. The lowest BCUT2D eigenvalue weighted by atomic mass is 10.0. The fourth-order valence-electron chi connectivity index (χ4n) is 3.14. The predicted octanol–water partition coefficient (Wildman–Crippen LogP) is 5.21. The summed E-state index contributed by atoms with van der Waals surface area (Å²) in [6.07, 6.45) is 1.86. The Labute approximate surface area is 208 Å². The molecule has 0 aliphatic carbocycles. The van der Waals surface area contributed by atoms with E-state index in [1.54, 1.807) is 31.4 Å². The second-order valence-corrected chi connectivity index (χ2v) is 9.35. The van der Waals surface area contributed by atoms with Crippen molar-refractivity contribution < 1.29 is 14.3 Å². The Morgan fingerprint density at radius 3 is 2.44 bits per heavy atom. The van der Waals surface area contributed by atoms with Crippen molar-refractivity contribution in [2.75, 3.05) is 12.4 Å². The van der Waals surface area contributed by atoms with Gasteiger partial charge in [-0.15, -0.1) is 0 Å². The highest BCUT2D eigenvalue weighted by Gasteiger charge is 2.25. The zero-order valence-electron chi connectivity index (χ0n) is 19.2. The van der Waals surface area contributed by atoms with Crippen LogP contribution in [-0.4, -0.2) is 34.9 Å². The zero-order chi connectivity index (χ0) is 24.5. The summed E-state index contributed by atoms with van der Waals surface area (Å²) in [5.74, 6) is 0.666. The Kier molecular flexibility index (Phi) is 9.30. The Morgan fingerprint density at radius 2 is 1.79 bits per heavy atom. The molecule has 2 aromatic carbocycles. The standard InChI is InChI=1S/C25H27ClN4O3S/c1-16(2)13-21(23(31)28-18-9-11-19(33-3)12-10-18)29-24(32)22-20(26)14-27-25(30-22)34-15-17-7-5-4-6-8-17/h4-12,14,16,21H,13,15H2,1-3H3,(H,28,31)(H,29,32). The molecular formula is C25H27ClN4O3S. The first kappa shape index (κ1) is 25.5. The van der Waals surface area contributed by atoms with Crippen molar-refractivity contribution in [1.82, 2.24) is 15.3 Å². The number of amides is 2. The molecule has 3 rings (SSSR count). The number of anilines is 1. The van der Waals surface area contributed by atoms with Gasteiger partial charge in [-0.25, -0.2) is 9.97 Å². The molecule has 0 radical (unpaired) electrons. The highest BCUT2D eigenvalue weighted by molar-refractivity contribution is 7.98. The molecule has 1 unspecified atom stereocenters. The molecule has 0 spiro atoms. The molecule has 0 saturated carbocycles. The molecule has 9 heteroatoms. The molecule has 7 nitrogen and oxygen atoms in total. The average Bonchev–Trinajstić information content (AvgIpc) is 2.84. The number of aromatic nitrogens is 2. The summed E-state index contributed by atoms with van der Waals surface area (Å²) in [7, 11) is 1.58. The van der Waals surface area contributed by atoms with E-state index < -0.39 is 11.9 Å². The van der Waals surface area contributed by atoms with Crippen LogP contribution in [0, 0.1) is 5.92 Å². The number of thioether (sulfide) groups is 1. The maximum Gasteiger partial charge on any atom is 0.272 e. The number of nitrogens with zero attached hydrogens (tertiary/aromatic N) is 2. The summed E-state index contributed by atoms with van der Waals surface area (Å²) in [6, 6.07) is 16.1. The van der Waals surface area contributed by atoms with Crippen LogP contribution < -0.4 is 15.4 Å². The van der Waals surface area contributed by atoms with E-state index in [0.717, 1.165) is 5.56 Å². The minimum Gasteiger partial charge on any atom is -0.497 e. The first-order valence-electron chi connectivity index (χ1n) is 10.8. The van der Waals surface area contributed by atoms with E-state index in [0.29, 0.717) is 28.8 Å². The molecule has 3 aromatic rings. The highest BCUT2D eigenvalue weighted by atomic mass is 35.5. The van der Waals surface area contributed by atoms with Crippen LogP contribution in [0.15, 0.2) is 66.0 Å². The van der Waals surface area contributed by atoms with Gasteiger partial charge in [0.15, 0.2) is 10.9 Å². The second kappa shape index (κ2) is 12.4. The van der Waals surface area contributed by atoms with E-state index in [4.69, 9.17) is 16.3 Å². The zero-order valence-corrected chi connectivity index (χ0v) is 20.8. The van der Waals surface area contributed by atoms with Crippen LogP contribution in [-0.2, 0) is 10.5 Å². The van der Waals surface area contributed by atoms with Gasteiger partial charge in [-0.2, -0.15) is 0 Å². The second-order valence-electron chi connectivity index (χ2n) is 8.00. The number of rotatable bonds is 10. The molecule has 1 heterocycles. The smallest absolute Gasteiger partial charge is 0.272 e. The Hall–Kier alpha value is -3.10. The maximum absolute atomic E-state index is 13.0. The van der Waals surface area contributed by atoms with Crippen molar-refractivity contribution in [3.63, 3.8) is 0 Å². The molecule has 1 atom stereocenters. The summed E-state index contributed by atoms with van der Waals surface area (Å²) in [6.45, 7) is 3.96. The SMILES string of the molecule is COc1ccc(NC(=O)C(CC(C)C)NC(=O)c2nc(SCc3ccccc3)ncc2Cl)cc1. The van der Waals surface area contributed by atoms with Crippen molar-refractivity contribution >= 4 is 40.9 Å². The Morgan fingerprint density at radius 1 is 1.09 bits per heavy atom. The maximum atomic E-state index is 13.0. The van der Waals surface area contributed by atoms with Crippen molar-refractivity contribution in [2.24, 2.45) is 5.92 Å². The first-order chi connectivity index (χ1) is 16.4. The lowest BCUT2D eigenvalue weighted by Gasteiger charge is -2.20. The van der Waals surface area contributed by atoms with Crippen LogP contribution in [0.3, 0.4) is 0 Å². The minimum atomic E-state index is -0.763. The molecule has 1 aromatic heterocycles. The molecule has 2 N–H and O–H groups in total. The van der Waals surface area contributed by atoms with Gasteiger partial charge >= 0.3 is 0 Å². The number of methoxy groups -OCH3 is 1. The molecule has 2 amide bonds. The molecule has 0 bridgehead atoms. The lowest BCUT2D eigenvalue weighted by Crippen LogP contribution is -2.45. The van der Waals surface area contributed by atoms with Gasteiger partial charge in [0.2, 0.25) is 5.91 Å².